The third kappa shape index (κ3) is 1.98. The van der Waals surface area contributed by atoms with Crippen molar-refractivity contribution in [2.24, 2.45) is 5.14 Å². The Bertz CT molecular complexity index is 253. The fourth-order valence-corrected chi connectivity index (χ4v) is 1.68. The maximum absolute atomic E-state index is 10.9. The molecule has 1 saturated heterocycles. The smallest absolute Gasteiger partial charge is 0.277 e. The van der Waals surface area contributed by atoms with E-state index < -0.39 is 21.2 Å². The van der Waals surface area contributed by atoms with Gasteiger partial charge in [0.1, 0.15) is 0 Å². The van der Waals surface area contributed by atoms with Crippen LogP contribution in [0.15, 0.2) is 0 Å². The number of hydrogen-bond acceptors (Lipinski definition) is 4. The molecule has 3 N–H and O–H groups in total. The van der Waals surface area contributed by atoms with Gasteiger partial charge in [0.15, 0.2) is 0 Å². The zero-order valence-electron chi connectivity index (χ0n) is 5.91. The molecule has 0 aromatic carbocycles. The molecule has 1 aliphatic heterocycles. The van der Waals surface area contributed by atoms with Gasteiger partial charge in [0.2, 0.25) is 0 Å². The van der Waals surface area contributed by atoms with Crippen molar-refractivity contribution < 1.29 is 13.2 Å². The molecule has 1 atom stereocenters. The fourth-order valence-electron chi connectivity index (χ4n) is 1.08. The van der Waals surface area contributed by atoms with Gasteiger partial charge in [-0.15, -0.1) is 0 Å². The molecule has 1 rings (SSSR count). The second-order valence-corrected chi connectivity index (χ2v) is 4.01. The maximum atomic E-state index is 10.9. The lowest BCUT2D eigenvalue weighted by molar-refractivity contribution is -0.113. The normalized spacial score (nSPS) is 25.4. The highest BCUT2D eigenvalue weighted by molar-refractivity contribution is 8.04. The zero-order valence-corrected chi connectivity index (χ0v) is 6.73. The van der Waals surface area contributed by atoms with Crippen LogP contribution in [0.25, 0.3) is 0 Å². The maximum Gasteiger partial charge on any atom is 0.277 e. The lowest BCUT2D eigenvalue weighted by Gasteiger charge is -2.04. The van der Waals surface area contributed by atoms with Gasteiger partial charge in [-0.05, 0) is 19.4 Å². The molecule has 64 valence electrons. The largest absolute Gasteiger partial charge is 0.307 e. The second kappa shape index (κ2) is 2.88. The number of sulfonamides is 1. The van der Waals surface area contributed by atoms with Crippen LogP contribution in [0.5, 0.6) is 0 Å². The highest BCUT2D eigenvalue weighted by Crippen LogP contribution is 2.07. The summed E-state index contributed by atoms with van der Waals surface area (Å²) in [6, 6.07) is -0.579. The van der Waals surface area contributed by atoms with Crippen LogP contribution in [-0.4, -0.2) is 26.1 Å². The van der Waals surface area contributed by atoms with E-state index in [9.17, 15) is 13.2 Å². The summed E-state index contributed by atoms with van der Waals surface area (Å²) in [6.45, 7) is 0.686. The number of nitrogens with two attached hydrogens (primary N) is 1. The molecule has 11 heavy (non-hydrogen) atoms. The molecule has 0 radical (unpaired) electrons. The number of nitrogens with one attached hydrogen (secondary N) is 1. The highest BCUT2D eigenvalue weighted by atomic mass is 32.2. The SMILES string of the molecule is NS(=O)(=O)C(=O)[C@H]1CCCN1. The number of carbonyl (C=O) groups excluding carboxylic acids is 1. The van der Waals surface area contributed by atoms with E-state index >= 15 is 0 Å². The van der Waals surface area contributed by atoms with Crippen LogP contribution >= 0.6 is 0 Å². The van der Waals surface area contributed by atoms with Gasteiger partial charge in [-0.2, -0.15) is 0 Å². The van der Waals surface area contributed by atoms with Gasteiger partial charge in [0, 0.05) is 0 Å². The van der Waals surface area contributed by atoms with E-state index in [1.165, 1.54) is 0 Å². The Labute approximate surface area is 65.0 Å². The van der Waals surface area contributed by atoms with E-state index in [1.807, 2.05) is 0 Å². The van der Waals surface area contributed by atoms with E-state index in [4.69, 9.17) is 0 Å². The lowest BCUT2D eigenvalue weighted by Crippen LogP contribution is -2.39. The van der Waals surface area contributed by atoms with Crippen LogP contribution in [0.4, 0.5) is 0 Å². The highest BCUT2D eigenvalue weighted by Gasteiger charge is 2.29. The summed E-state index contributed by atoms with van der Waals surface area (Å²) in [4.78, 5) is 10.9. The summed E-state index contributed by atoms with van der Waals surface area (Å²) in [5.41, 5.74) is 0. The molecule has 0 aliphatic carbocycles. The molecule has 0 unspecified atom stereocenters. The predicted molar refractivity (Wildman–Crippen MR) is 39.1 cm³/mol. The van der Waals surface area contributed by atoms with Gasteiger partial charge in [-0.3, -0.25) is 4.79 Å². The van der Waals surface area contributed by atoms with Crippen molar-refractivity contribution in [1.29, 1.82) is 0 Å². The van der Waals surface area contributed by atoms with Crippen LogP contribution in [0.3, 0.4) is 0 Å². The molecular weight excluding hydrogens is 168 g/mol. The monoisotopic (exact) mass is 178 g/mol. The molecule has 0 aromatic heterocycles. The summed E-state index contributed by atoms with van der Waals surface area (Å²) in [6.07, 6.45) is 1.39. The molecule has 0 spiro atoms. The minimum atomic E-state index is -3.99. The van der Waals surface area contributed by atoms with Gasteiger partial charge < -0.3 is 5.32 Å². The standard InChI is InChI=1S/C5H10N2O3S/c6-11(9,10)5(8)4-2-1-3-7-4/h4,7H,1-3H2,(H2,6,9,10)/t4-/m1/s1. The van der Waals surface area contributed by atoms with E-state index in [1.54, 1.807) is 0 Å². The first-order chi connectivity index (χ1) is 5.02. The van der Waals surface area contributed by atoms with Crippen LogP contribution < -0.4 is 10.5 Å². The van der Waals surface area contributed by atoms with Crippen molar-refractivity contribution in [3.05, 3.63) is 0 Å². The molecule has 5 nitrogen and oxygen atoms in total. The molecule has 0 saturated carbocycles. The number of hydrogen-bond donors (Lipinski definition) is 2. The molecule has 0 aromatic rings. The van der Waals surface area contributed by atoms with Gasteiger partial charge in [0.25, 0.3) is 15.1 Å². The Kier molecular flexibility index (Phi) is 2.26. The molecular formula is C5H10N2O3S. The topological polar surface area (TPSA) is 89.3 Å². The van der Waals surface area contributed by atoms with E-state index in [2.05, 4.69) is 10.5 Å². The summed E-state index contributed by atoms with van der Waals surface area (Å²) in [7, 11) is -3.99. The average molecular weight is 178 g/mol. The zero-order chi connectivity index (χ0) is 8.48. The Balaban J connectivity index is 2.69. The summed E-state index contributed by atoms with van der Waals surface area (Å²) in [5, 5.41) is 6.50. The average Bonchev–Trinajstić information content (AvgIpc) is 2.34. The van der Waals surface area contributed by atoms with Gasteiger partial charge in [0.05, 0.1) is 6.04 Å². The molecule has 0 bridgehead atoms. The van der Waals surface area contributed by atoms with Gasteiger partial charge in [-0.1, -0.05) is 0 Å². The van der Waals surface area contributed by atoms with Gasteiger partial charge in [-0.25, -0.2) is 13.6 Å². The van der Waals surface area contributed by atoms with Crippen molar-refractivity contribution in [3.63, 3.8) is 0 Å². The van der Waals surface area contributed by atoms with Crippen LogP contribution in [0, 0.1) is 0 Å². The number of rotatable bonds is 1. The summed E-state index contributed by atoms with van der Waals surface area (Å²) in [5.74, 6) is 0. The molecule has 6 heteroatoms. The third-order valence-electron chi connectivity index (χ3n) is 1.63. The first-order valence-electron chi connectivity index (χ1n) is 3.32. The van der Waals surface area contributed by atoms with E-state index in [0.717, 1.165) is 6.42 Å². The van der Waals surface area contributed by atoms with Crippen LogP contribution in [0.1, 0.15) is 12.8 Å². The Morgan fingerprint density at radius 1 is 1.55 bits per heavy atom. The molecule has 0 amide bonds. The van der Waals surface area contributed by atoms with Crippen molar-refractivity contribution in [2.45, 2.75) is 18.9 Å². The Hall–Kier alpha value is -0.460. The number of primary sulfonamides is 1. The van der Waals surface area contributed by atoms with Crippen molar-refractivity contribution in [3.8, 4) is 0 Å². The minimum absolute atomic E-state index is 0.565. The lowest BCUT2D eigenvalue weighted by atomic mass is 10.2. The van der Waals surface area contributed by atoms with E-state index in [0.29, 0.717) is 13.0 Å². The molecule has 1 aliphatic rings. The van der Waals surface area contributed by atoms with Crippen molar-refractivity contribution >= 4 is 15.1 Å². The van der Waals surface area contributed by atoms with Crippen molar-refractivity contribution in [1.82, 2.24) is 5.32 Å². The minimum Gasteiger partial charge on any atom is -0.307 e. The summed E-state index contributed by atoms with van der Waals surface area (Å²) >= 11 is 0. The van der Waals surface area contributed by atoms with Crippen molar-refractivity contribution in [2.75, 3.05) is 6.54 Å². The Morgan fingerprint density at radius 2 is 2.18 bits per heavy atom. The number of carbonyl (C=O) groups is 1. The fraction of sp³-hybridized carbons (Fsp3) is 0.800. The first kappa shape index (κ1) is 8.63. The van der Waals surface area contributed by atoms with E-state index in [-0.39, 0.29) is 0 Å². The van der Waals surface area contributed by atoms with Gasteiger partial charge >= 0.3 is 0 Å². The quantitative estimate of drug-likeness (QED) is 0.514. The van der Waals surface area contributed by atoms with Crippen LogP contribution in [0.2, 0.25) is 0 Å². The molecule has 1 heterocycles. The first-order valence-corrected chi connectivity index (χ1v) is 4.86. The third-order valence-corrected chi connectivity index (χ3v) is 2.47. The summed E-state index contributed by atoms with van der Waals surface area (Å²) < 4.78 is 21.0. The van der Waals surface area contributed by atoms with Crippen LogP contribution in [-0.2, 0) is 14.8 Å². The predicted octanol–water partition coefficient (Wildman–Crippen LogP) is -1.45. The Morgan fingerprint density at radius 3 is 2.55 bits per heavy atom. The molecule has 1 fully saturated rings. The second-order valence-electron chi connectivity index (χ2n) is 2.51.